The van der Waals surface area contributed by atoms with Crippen LogP contribution in [0.5, 0.6) is 5.75 Å². The highest BCUT2D eigenvalue weighted by Crippen LogP contribution is 2.56. The number of carbonyl (C=O) groups is 3. The van der Waals surface area contributed by atoms with Crippen molar-refractivity contribution in [3.63, 3.8) is 0 Å². The Labute approximate surface area is 203 Å². The van der Waals surface area contributed by atoms with E-state index in [-0.39, 0.29) is 23.3 Å². The van der Waals surface area contributed by atoms with Gasteiger partial charge in [-0.05, 0) is 32.1 Å². The number of aliphatic hydroxyl groups excluding tert-OH is 2. The Morgan fingerprint density at radius 2 is 1.94 bits per heavy atom. The number of aromatic nitrogens is 1. The molecule has 0 fully saturated rings. The highest BCUT2D eigenvalue weighted by molar-refractivity contribution is 7.09. The Morgan fingerprint density at radius 1 is 1.23 bits per heavy atom. The first-order valence-corrected chi connectivity index (χ1v) is 11.8. The SMILES string of the molecule is CN(C)[C@@H]1C(O)=C(C(N)=O)C(=O)[C@@]2(O)C(O)=C3C(=O)c4c(O)cccc4[C@H](c4nccs4)[C@H]3C[C@@H]12. The molecule has 0 unspecified atom stereocenters. The zero-order chi connectivity index (χ0) is 25.4. The van der Waals surface area contributed by atoms with Gasteiger partial charge in [0, 0.05) is 34.9 Å². The molecule has 3 aliphatic carbocycles. The van der Waals surface area contributed by atoms with Gasteiger partial charge in [-0.25, -0.2) is 4.98 Å². The van der Waals surface area contributed by atoms with E-state index in [2.05, 4.69) is 4.98 Å². The van der Waals surface area contributed by atoms with Crippen LogP contribution in [0.15, 0.2) is 52.4 Å². The second-order valence-corrected chi connectivity index (χ2v) is 10.2. The highest BCUT2D eigenvalue weighted by atomic mass is 32.1. The Morgan fingerprint density at radius 3 is 2.54 bits per heavy atom. The maximum absolute atomic E-state index is 13.6. The lowest BCUT2D eigenvalue weighted by atomic mass is 9.56. The summed E-state index contributed by atoms with van der Waals surface area (Å²) in [4.78, 5) is 45.0. The number of aromatic hydroxyl groups is 1. The van der Waals surface area contributed by atoms with E-state index >= 15 is 0 Å². The average Bonchev–Trinajstić information content (AvgIpc) is 3.30. The number of benzene rings is 1. The number of amides is 1. The smallest absolute Gasteiger partial charge is 0.255 e. The number of primary amides is 1. The number of allylic oxidation sites excluding steroid dienone is 1. The molecular weight excluding hydrogens is 474 g/mol. The third-order valence-corrected chi connectivity index (χ3v) is 8.18. The number of nitrogens with zero attached hydrogens (tertiary/aromatic N) is 2. The minimum absolute atomic E-state index is 0.00827. The standard InChI is InChI=1S/C24H23N3O7S/c1-27(2)17-11-8-10-13(23-26-6-7-35-23)9-4-3-5-12(28)14(9)18(29)15(10)20(31)24(11,34)21(32)16(19(17)30)22(25)33/h3-7,10-11,13,17,28,30-31,34H,8H2,1-2H3,(H2,25,33)/t10-,11+,13+,17+,24+/m1/s1. The first kappa shape index (κ1) is 23.2. The average molecular weight is 498 g/mol. The number of rotatable bonds is 3. The number of carbonyl (C=O) groups excluding carboxylic acids is 3. The number of phenols is 1. The summed E-state index contributed by atoms with van der Waals surface area (Å²) in [7, 11) is 3.17. The van der Waals surface area contributed by atoms with Crippen LogP contribution in [0, 0.1) is 11.8 Å². The fraction of sp³-hybridized carbons (Fsp3) is 0.333. The fourth-order valence-electron chi connectivity index (χ4n) is 5.93. The molecule has 0 saturated heterocycles. The first-order valence-electron chi connectivity index (χ1n) is 10.9. The van der Waals surface area contributed by atoms with Crippen molar-refractivity contribution in [3.05, 3.63) is 68.6 Å². The van der Waals surface area contributed by atoms with Gasteiger partial charge in [0.25, 0.3) is 5.91 Å². The predicted molar refractivity (Wildman–Crippen MR) is 124 cm³/mol. The molecule has 0 spiro atoms. The van der Waals surface area contributed by atoms with Gasteiger partial charge < -0.3 is 26.2 Å². The fourth-order valence-corrected chi connectivity index (χ4v) is 6.75. The normalized spacial score (nSPS) is 30.3. The summed E-state index contributed by atoms with van der Waals surface area (Å²) >= 11 is 1.33. The number of Topliss-reactive ketones (excluding diaryl/α,β-unsaturated/α-hetero) is 2. The second kappa shape index (κ2) is 7.74. The molecule has 11 heteroatoms. The van der Waals surface area contributed by atoms with Crippen molar-refractivity contribution in [2.75, 3.05) is 14.1 Å². The van der Waals surface area contributed by atoms with Gasteiger partial charge in [0.2, 0.25) is 5.78 Å². The van der Waals surface area contributed by atoms with Crippen LogP contribution in [0.2, 0.25) is 0 Å². The molecule has 6 N–H and O–H groups in total. The zero-order valence-electron chi connectivity index (χ0n) is 18.8. The zero-order valence-corrected chi connectivity index (χ0v) is 19.6. The van der Waals surface area contributed by atoms with E-state index < -0.39 is 64.0 Å². The summed E-state index contributed by atoms with van der Waals surface area (Å²) in [5.74, 6) is -7.47. The van der Waals surface area contributed by atoms with Crippen LogP contribution in [0.1, 0.15) is 33.3 Å². The Balaban J connectivity index is 1.82. The number of likely N-dealkylation sites (N-methyl/N-ethyl adjacent to an activating group) is 1. The molecule has 0 aliphatic heterocycles. The van der Waals surface area contributed by atoms with Gasteiger partial charge in [0.05, 0.1) is 11.6 Å². The Kier molecular flexibility index (Phi) is 5.13. The molecule has 1 amide bonds. The monoisotopic (exact) mass is 497 g/mol. The van der Waals surface area contributed by atoms with Gasteiger partial charge in [-0.2, -0.15) is 0 Å². The van der Waals surface area contributed by atoms with Crippen molar-refractivity contribution in [2.45, 2.75) is 24.0 Å². The first-order chi connectivity index (χ1) is 16.5. The molecule has 0 saturated carbocycles. The van der Waals surface area contributed by atoms with Gasteiger partial charge >= 0.3 is 0 Å². The molecule has 35 heavy (non-hydrogen) atoms. The van der Waals surface area contributed by atoms with Crippen LogP contribution in [-0.4, -0.2) is 73.5 Å². The predicted octanol–water partition coefficient (Wildman–Crippen LogP) is 1.17. The van der Waals surface area contributed by atoms with Crippen molar-refractivity contribution in [1.29, 1.82) is 0 Å². The Hall–Kier alpha value is -3.54. The van der Waals surface area contributed by atoms with E-state index in [1.807, 2.05) is 0 Å². The van der Waals surface area contributed by atoms with Crippen molar-refractivity contribution in [2.24, 2.45) is 17.6 Å². The molecule has 1 aromatic heterocycles. The van der Waals surface area contributed by atoms with Crippen LogP contribution in [-0.2, 0) is 9.59 Å². The molecule has 5 rings (SSSR count). The van der Waals surface area contributed by atoms with Gasteiger partial charge in [-0.1, -0.05) is 12.1 Å². The third-order valence-electron chi connectivity index (χ3n) is 7.33. The lowest BCUT2D eigenvalue weighted by Crippen LogP contribution is -2.64. The van der Waals surface area contributed by atoms with Gasteiger partial charge in [0.15, 0.2) is 11.4 Å². The minimum Gasteiger partial charge on any atom is -0.510 e. The summed E-state index contributed by atoms with van der Waals surface area (Å²) in [6.07, 6.45) is 1.59. The third kappa shape index (κ3) is 2.95. The van der Waals surface area contributed by atoms with Gasteiger partial charge in [0.1, 0.15) is 27.8 Å². The molecule has 182 valence electrons. The summed E-state index contributed by atoms with van der Waals surface area (Å²) in [5, 5.41) is 46.9. The number of hydrogen-bond acceptors (Lipinski definition) is 10. The minimum atomic E-state index is -2.68. The number of ketones is 2. The lowest BCUT2D eigenvalue weighted by Gasteiger charge is -2.51. The number of nitrogens with two attached hydrogens (primary N) is 1. The van der Waals surface area contributed by atoms with Crippen molar-refractivity contribution in [3.8, 4) is 5.75 Å². The molecule has 0 bridgehead atoms. The summed E-state index contributed by atoms with van der Waals surface area (Å²) < 4.78 is 0. The van der Waals surface area contributed by atoms with E-state index in [1.165, 1.54) is 22.3 Å². The summed E-state index contributed by atoms with van der Waals surface area (Å²) in [6, 6.07) is 3.59. The number of fused-ring (bicyclic) bond motifs is 3. The quantitative estimate of drug-likeness (QED) is 0.390. The number of phenolic OH excluding ortho intramolecular Hbond substituents is 1. The molecule has 3 aliphatic rings. The van der Waals surface area contributed by atoms with E-state index in [4.69, 9.17) is 5.73 Å². The van der Waals surface area contributed by atoms with Crippen molar-refractivity contribution >= 4 is 28.8 Å². The molecule has 1 heterocycles. The maximum atomic E-state index is 13.6. The van der Waals surface area contributed by atoms with Crippen molar-refractivity contribution in [1.82, 2.24) is 9.88 Å². The molecule has 2 aromatic rings. The molecule has 0 radical (unpaired) electrons. The van der Waals surface area contributed by atoms with Crippen LogP contribution in [0.4, 0.5) is 0 Å². The number of hydrogen-bond donors (Lipinski definition) is 5. The van der Waals surface area contributed by atoms with Crippen LogP contribution in [0.25, 0.3) is 0 Å². The highest BCUT2D eigenvalue weighted by Gasteiger charge is 2.64. The van der Waals surface area contributed by atoms with E-state index in [0.29, 0.717) is 10.6 Å². The maximum Gasteiger partial charge on any atom is 0.255 e. The second-order valence-electron chi connectivity index (χ2n) is 9.26. The van der Waals surface area contributed by atoms with Crippen molar-refractivity contribution < 1.29 is 34.8 Å². The topological polar surface area (TPSA) is 174 Å². The largest absolute Gasteiger partial charge is 0.510 e. The van der Waals surface area contributed by atoms with E-state index in [0.717, 1.165) is 0 Å². The van der Waals surface area contributed by atoms with Gasteiger partial charge in [-0.3, -0.25) is 19.3 Å². The van der Waals surface area contributed by atoms with E-state index in [1.54, 1.807) is 37.8 Å². The van der Waals surface area contributed by atoms with Crippen LogP contribution >= 0.6 is 11.3 Å². The summed E-state index contributed by atoms with van der Waals surface area (Å²) in [6.45, 7) is 0. The van der Waals surface area contributed by atoms with Crippen LogP contribution < -0.4 is 5.73 Å². The van der Waals surface area contributed by atoms with Gasteiger partial charge in [-0.15, -0.1) is 11.3 Å². The Bertz CT molecular complexity index is 1350. The van der Waals surface area contributed by atoms with E-state index in [9.17, 15) is 34.8 Å². The number of thiazole rings is 1. The number of aliphatic hydroxyl groups is 3. The molecular formula is C24H23N3O7S. The lowest BCUT2D eigenvalue weighted by molar-refractivity contribution is -0.148. The molecule has 10 nitrogen and oxygen atoms in total. The summed E-state index contributed by atoms with van der Waals surface area (Å²) in [5.41, 5.74) is 2.09. The molecule has 1 aromatic carbocycles. The van der Waals surface area contributed by atoms with Crippen LogP contribution in [0.3, 0.4) is 0 Å². The molecule has 5 atom stereocenters.